The molecule has 5 atom stereocenters. The maximum absolute atomic E-state index is 9.71. The van der Waals surface area contributed by atoms with Crippen molar-refractivity contribution in [1.82, 2.24) is 0 Å². The largest absolute Gasteiger partial charge is 0.393 e. The van der Waals surface area contributed by atoms with Crippen LogP contribution in [0, 0.1) is 23.2 Å². The third-order valence-electron chi connectivity index (χ3n) is 5.37. The van der Waals surface area contributed by atoms with Gasteiger partial charge in [0.25, 0.3) is 0 Å². The van der Waals surface area contributed by atoms with Crippen molar-refractivity contribution in [1.29, 1.82) is 0 Å². The Hall–Kier alpha value is -0.0400. The lowest BCUT2D eigenvalue weighted by molar-refractivity contribution is -0.0605. The van der Waals surface area contributed by atoms with E-state index < -0.39 is 0 Å². The van der Waals surface area contributed by atoms with Crippen molar-refractivity contribution >= 4 is 0 Å². The molecule has 3 unspecified atom stereocenters. The predicted octanol–water partition coefficient (Wildman–Crippen LogP) is 3.22. The van der Waals surface area contributed by atoms with Gasteiger partial charge in [0, 0.05) is 0 Å². The molecule has 0 amide bonds. The van der Waals surface area contributed by atoms with Crippen molar-refractivity contribution in [2.24, 2.45) is 23.2 Å². The van der Waals surface area contributed by atoms with Gasteiger partial charge in [-0.15, -0.1) is 0 Å². The molecule has 1 heteroatoms. The second kappa shape index (κ2) is 3.52. The fraction of sp³-hybridized carbons (Fsp3) is 1.00. The SMILES string of the molecule is CC1CCC2C[C@@H](O)CC[C@]2(C)C1C. The van der Waals surface area contributed by atoms with E-state index in [-0.39, 0.29) is 6.10 Å². The van der Waals surface area contributed by atoms with Crippen LogP contribution in [0.2, 0.25) is 0 Å². The number of aliphatic hydroxyl groups is 1. The van der Waals surface area contributed by atoms with Crippen LogP contribution in [-0.2, 0) is 0 Å². The van der Waals surface area contributed by atoms with E-state index >= 15 is 0 Å². The van der Waals surface area contributed by atoms with Crippen LogP contribution in [0.15, 0.2) is 0 Å². The highest BCUT2D eigenvalue weighted by atomic mass is 16.3. The summed E-state index contributed by atoms with van der Waals surface area (Å²) in [6, 6.07) is 0. The van der Waals surface area contributed by atoms with Gasteiger partial charge < -0.3 is 5.11 Å². The fourth-order valence-electron chi connectivity index (χ4n) is 3.81. The van der Waals surface area contributed by atoms with Crippen molar-refractivity contribution in [3.8, 4) is 0 Å². The molecule has 2 aliphatic carbocycles. The third kappa shape index (κ3) is 1.50. The van der Waals surface area contributed by atoms with Crippen LogP contribution >= 0.6 is 0 Å². The van der Waals surface area contributed by atoms with Gasteiger partial charge in [-0.2, -0.15) is 0 Å². The first kappa shape index (κ1) is 10.5. The van der Waals surface area contributed by atoms with Crippen LogP contribution in [0.3, 0.4) is 0 Å². The minimum Gasteiger partial charge on any atom is -0.393 e. The van der Waals surface area contributed by atoms with Crippen molar-refractivity contribution in [3.05, 3.63) is 0 Å². The van der Waals surface area contributed by atoms with Gasteiger partial charge in [0.15, 0.2) is 0 Å². The first-order valence-corrected chi connectivity index (χ1v) is 6.22. The molecule has 0 spiro atoms. The lowest BCUT2D eigenvalue weighted by Crippen LogP contribution is -2.46. The molecule has 0 aromatic carbocycles. The summed E-state index contributed by atoms with van der Waals surface area (Å²) in [5.41, 5.74) is 0.525. The van der Waals surface area contributed by atoms with E-state index in [9.17, 15) is 5.11 Å². The highest BCUT2D eigenvalue weighted by molar-refractivity contribution is 4.97. The zero-order chi connectivity index (χ0) is 10.3. The van der Waals surface area contributed by atoms with Crippen LogP contribution in [0.25, 0.3) is 0 Å². The third-order valence-corrected chi connectivity index (χ3v) is 5.37. The van der Waals surface area contributed by atoms with Crippen LogP contribution in [0.1, 0.15) is 52.9 Å². The predicted molar refractivity (Wildman–Crippen MR) is 59.0 cm³/mol. The van der Waals surface area contributed by atoms with Crippen LogP contribution in [0.4, 0.5) is 0 Å². The Morgan fingerprint density at radius 1 is 1.14 bits per heavy atom. The van der Waals surface area contributed by atoms with Gasteiger partial charge in [0.2, 0.25) is 0 Å². The standard InChI is InChI=1S/C13H24O/c1-9-4-5-11-8-12(14)6-7-13(11,3)10(9)2/h9-12,14H,4-8H2,1-3H3/t9?,10?,11?,12-,13+/m0/s1. The zero-order valence-electron chi connectivity index (χ0n) is 9.79. The van der Waals surface area contributed by atoms with Gasteiger partial charge in [0.1, 0.15) is 0 Å². The minimum absolute atomic E-state index is 0.00585. The second-order valence-electron chi connectivity index (χ2n) is 5.97. The Kier molecular flexibility index (Phi) is 2.63. The van der Waals surface area contributed by atoms with E-state index in [0.717, 1.165) is 30.6 Å². The first-order chi connectivity index (χ1) is 6.54. The smallest absolute Gasteiger partial charge is 0.0543 e. The second-order valence-corrected chi connectivity index (χ2v) is 5.97. The lowest BCUT2D eigenvalue weighted by atomic mass is 9.53. The topological polar surface area (TPSA) is 20.2 Å². The molecule has 0 heterocycles. The summed E-state index contributed by atoms with van der Waals surface area (Å²) in [6.07, 6.45) is 6.04. The monoisotopic (exact) mass is 196 g/mol. The average molecular weight is 196 g/mol. The first-order valence-electron chi connectivity index (χ1n) is 6.22. The highest BCUT2D eigenvalue weighted by Gasteiger charge is 2.47. The van der Waals surface area contributed by atoms with Gasteiger partial charge in [-0.25, -0.2) is 0 Å². The summed E-state index contributed by atoms with van der Waals surface area (Å²) in [6.45, 7) is 7.29. The lowest BCUT2D eigenvalue weighted by Gasteiger charge is -2.53. The van der Waals surface area contributed by atoms with Gasteiger partial charge in [-0.3, -0.25) is 0 Å². The maximum Gasteiger partial charge on any atom is 0.0543 e. The average Bonchev–Trinajstić information content (AvgIpc) is 2.16. The number of hydrogen-bond acceptors (Lipinski definition) is 1. The van der Waals surface area contributed by atoms with Crippen molar-refractivity contribution in [2.75, 3.05) is 0 Å². The molecular formula is C13H24O. The maximum atomic E-state index is 9.71. The summed E-state index contributed by atoms with van der Waals surface area (Å²) in [5, 5.41) is 9.71. The van der Waals surface area contributed by atoms with Gasteiger partial charge in [-0.1, -0.05) is 27.2 Å². The van der Waals surface area contributed by atoms with Gasteiger partial charge in [-0.05, 0) is 48.9 Å². The van der Waals surface area contributed by atoms with Gasteiger partial charge >= 0.3 is 0 Å². The van der Waals surface area contributed by atoms with E-state index in [0.29, 0.717) is 5.41 Å². The molecule has 1 nitrogen and oxygen atoms in total. The molecule has 2 saturated carbocycles. The van der Waals surface area contributed by atoms with E-state index in [1.54, 1.807) is 0 Å². The van der Waals surface area contributed by atoms with Crippen LogP contribution in [0.5, 0.6) is 0 Å². The zero-order valence-corrected chi connectivity index (χ0v) is 9.79. The quantitative estimate of drug-likeness (QED) is 0.630. The molecule has 0 saturated heterocycles. The normalized spacial score (nSPS) is 54.0. The molecule has 0 aromatic rings. The summed E-state index contributed by atoms with van der Waals surface area (Å²) in [7, 11) is 0. The molecule has 2 fully saturated rings. The fourth-order valence-corrected chi connectivity index (χ4v) is 3.81. The van der Waals surface area contributed by atoms with Gasteiger partial charge in [0.05, 0.1) is 6.10 Å². The molecule has 0 bridgehead atoms. The highest BCUT2D eigenvalue weighted by Crippen LogP contribution is 2.54. The Morgan fingerprint density at radius 3 is 2.57 bits per heavy atom. The Labute approximate surface area is 87.9 Å². The van der Waals surface area contributed by atoms with Crippen molar-refractivity contribution in [2.45, 2.75) is 59.0 Å². The molecule has 0 aliphatic heterocycles. The van der Waals surface area contributed by atoms with Crippen LogP contribution < -0.4 is 0 Å². The molecule has 0 radical (unpaired) electrons. The van der Waals surface area contributed by atoms with E-state index in [2.05, 4.69) is 20.8 Å². The molecule has 82 valence electrons. The Bertz CT molecular complexity index is 213. The number of fused-ring (bicyclic) bond motifs is 1. The van der Waals surface area contributed by atoms with Crippen molar-refractivity contribution in [3.63, 3.8) is 0 Å². The van der Waals surface area contributed by atoms with Crippen molar-refractivity contribution < 1.29 is 5.11 Å². The molecular weight excluding hydrogens is 172 g/mol. The molecule has 14 heavy (non-hydrogen) atoms. The van der Waals surface area contributed by atoms with E-state index in [4.69, 9.17) is 0 Å². The number of hydrogen-bond donors (Lipinski definition) is 1. The molecule has 2 aliphatic rings. The Balaban J connectivity index is 2.16. The summed E-state index contributed by atoms with van der Waals surface area (Å²) in [4.78, 5) is 0. The van der Waals surface area contributed by atoms with E-state index in [1.165, 1.54) is 19.3 Å². The summed E-state index contributed by atoms with van der Waals surface area (Å²) < 4.78 is 0. The summed E-state index contributed by atoms with van der Waals surface area (Å²) in [5.74, 6) is 2.51. The minimum atomic E-state index is -0.00585. The molecule has 1 N–H and O–H groups in total. The van der Waals surface area contributed by atoms with E-state index in [1.807, 2.05) is 0 Å². The molecule has 2 rings (SSSR count). The van der Waals surface area contributed by atoms with Crippen LogP contribution in [-0.4, -0.2) is 11.2 Å². The number of rotatable bonds is 0. The molecule has 0 aromatic heterocycles. The number of aliphatic hydroxyl groups excluding tert-OH is 1. The Morgan fingerprint density at radius 2 is 1.86 bits per heavy atom. The summed E-state index contributed by atoms with van der Waals surface area (Å²) >= 11 is 0.